The van der Waals surface area contributed by atoms with E-state index in [9.17, 15) is 14.0 Å². The lowest BCUT2D eigenvalue weighted by Gasteiger charge is -2.30. The predicted octanol–water partition coefficient (Wildman–Crippen LogP) is 3.46. The predicted molar refractivity (Wildman–Crippen MR) is 82.1 cm³/mol. The third-order valence-electron chi connectivity index (χ3n) is 4.22. The van der Waals surface area contributed by atoms with Gasteiger partial charge < -0.3 is 10.0 Å². The van der Waals surface area contributed by atoms with E-state index in [0.29, 0.717) is 5.69 Å². The average Bonchev–Trinajstić information content (AvgIpc) is 2.52. The molecular formula is C17H22FNO3. The Balaban J connectivity index is 2.23. The van der Waals surface area contributed by atoms with Crippen molar-refractivity contribution in [2.24, 2.45) is 11.8 Å². The summed E-state index contributed by atoms with van der Waals surface area (Å²) in [5.74, 6) is -2.26. The number of hydrogen-bond donors (Lipinski definition) is 1. The minimum atomic E-state index is -0.960. The summed E-state index contributed by atoms with van der Waals surface area (Å²) in [6, 6.07) is 5.79. The Morgan fingerprint density at radius 2 is 2.00 bits per heavy atom. The normalized spacial score (nSPS) is 17.0. The van der Waals surface area contributed by atoms with Gasteiger partial charge in [0.1, 0.15) is 5.82 Å². The Hall–Kier alpha value is -1.91. The first-order chi connectivity index (χ1) is 10.5. The number of aliphatic carboxylic acids is 1. The van der Waals surface area contributed by atoms with Crippen LogP contribution in [0.1, 0.15) is 39.0 Å². The number of carboxylic acids is 1. The summed E-state index contributed by atoms with van der Waals surface area (Å²) in [6.07, 6.45) is 4.82. The highest BCUT2D eigenvalue weighted by molar-refractivity contribution is 5.95. The number of anilines is 1. The summed E-state index contributed by atoms with van der Waals surface area (Å²) in [4.78, 5) is 25.3. The van der Waals surface area contributed by atoms with E-state index in [0.717, 1.165) is 32.1 Å². The molecule has 1 N–H and O–H groups in total. The minimum absolute atomic E-state index is 0.0636. The van der Waals surface area contributed by atoms with Gasteiger partial charge in [0.25, 0.3) is 0 Å². The molecular weight excluding hydrogens is 285 g/mol. The maximum absolute atomic E-state index is 13.5. The maximum atomic E-state index is 13.5. The highest BCUT2D eigenvalue weighted by Gasteiger charge is 2.29. The SMILES string of the molecule is CC(CN(C(=O)C1CCCCC1)c1cccc(F)c1)C(=O)O. The molecule has 0 heterocycles. The second-order valence-electron chi connectivity index (χ2n) is 6.00. The molecule has 120 valence electrons. The van der Waals surface area contributed by atoms with Gasteiger partial charge in [-0.3, -0.25) is 9.59 Å². The third-order valence-corrected chi connectivity index (χ3v) is 4.22. The van der Waals surface area contributed by atoms with Gasteiger partial charge in [0.2, 0.25) is 5.91 Å². The molecule has 1 unspecified atom stereocenters. The van der Waals surface area contributed by atoms with Crippen molar-refractivity contribution in [2.45, 2.75) is 39.0 Å². The summed E-state index contributed by atoms with van der Waals surface area (Å²) in [5.41, 5.74) is 0.434. The number of carboxylic acid groups (broad SMARTS) is 1. The van der Waals surface area contributed by atoms with Gasteiger partial charge in [-0.2, -0.15) is 0 Å². The van der Waals surface area contributed by atoms with E-state index in [1.54, 1.807) is 13.0 Å². The molecule has 1 aliphatic carbocycles. The molecule has 0 aliphatic heterocycles. The molecule has 1 aromatic carbocycles. The summed E-state index contributed by atoms with van der Waals surface area (Å²) >= 11 is 0. The van der Waals surface area contributed by atoms with Crippen LogP contribution < -0.4 is 4.90 Å². The van der Waals surface area contributed by atoms with Crippen LogP contribution in [-0.4, -0.2) is 23.5 Å². The molecule has 0 spiro atoms. The van der Waals surface area contributed by atoms with Gasteiger partial charge in [-0.1, -0.05) is 32.3 Å². The van der Waals surface area contributed by atoms with E-state index < -0.39 is 17.7 Å². The Labute approximate surface area is 129 Å². The highest BCUT2D eigenvalue weighted by Crippen LogP contribution is 2.28. The monoisotopic (exact) mass is 307 g/mol. The standard InChI is InChI=1S/C17H22FNO3/c1-12(17(21)22)11-19(15-9-5-8-14(18)10-15)16(20)13-6-3-2-4-7-13/h5,8-10,12-13H,2-4,6-7,11H2,1H3,(H,21,22). The first-order valence-corrected chi connectivity index (χ1v) is 7.79. The van der Waals surface area contributed by atoms with Crippen LogP contribution in [0.5, 0.6) is 0 Å². The second-order valence-corrected chi connectivity index (χ2v) is 6.00. The Morgan fingerprint density at radius 3 is 2.59 bits per heavy atom. The molecule has 0 aromatic heterocycles. The van der Waals surface area contributed by atoms with E-state index in [1.807, 2.05) is 0 Å². The van der Waals surface area contributed by atoms with E-state index >= 15 is 0 Å². The van der Waals surface area contributed by atoms with Gasteiger partial charge in [-0.05, 0) is 31.0 Å². The zero-order valence-electron chi connectivity index (χ0n) is 12.8. The third kappa shape index (κ3) is 4.06. The average molecular weight is 307 g/mol. The summed E-state index contributed by atoms with van der Waals surface area (Å²) in [6.45, 7) is 1.62. The minimum Gasteiger partial charge on any atom is -0.481 e. The Kier molecular flexibility index (Phi) is 5.52. The lowest BCUT2D eigenvalue weighted by molar-refractivity contribution is -0.140. The smallest absolute Gasteiger partial charge is 0.308 e. The Morgan fingerprint density at radius 1 is 1.32 bits per heavy atom. The second kappa shape index (κ2) is 7.38. The van der Waals surface area contributed by atoms with Gasteiger partial charge >= 0.3 is 5.97 Å². The fourth-order valence-corrected chi connectivity index (χ4v) is 2.89. The van der Waals surface area contributed by atoms with Crippen molar-refractivity contribution in [1.82, 2.24) is 0 Å². The fourth-order valence-electron chi connectivity index (χ4n) is 2.89. The van der Waals surface area contributed by atoms with Crippen LogP contribution in [-0.2, 0) is 9.59 Å². The number of amides is 1. The molecule has 1 atom stereocenters. The summed E-state index contributed by atoms with van der Waals surface area (Å²) < 4.78 is 13.5. The maximum Gasteiger partial charge on any atom is 0.308 e. The van der Waals surface area contributed by atoms with Crippen molar-refractivity contribution >= 4 is 17.6 Å². The summed E-state index contributed by atoms with van der Waals surface area (Å²) in [7, 11) is 0. The van der Waals surface area contributed by atoms with Crippen LogP contribution in [0.15, 0.2) is 24.3 Å². The first-order valence-electron chi connectivity index (χ1n) is 7.79. The molecule has 0 radical (unpaired) electrons. The molecule has 0 saturated heterocycles. The number of hydrogen-bond acceptors (Lipinski definition) is 2. The molecule has 1 fully saturated rings. The molecule has 1 aliphatic rings. The van der Waals surface area contributed by atoms with Gasteiger partial charge in [0.05, 0.1) is 5.92 Å². The van der Waals surface area contributed by atoms with E-state index in [1.165, 1.54) is 23.1 Å². The molecule has 5 heteroatoms. The van der Waals surface area contributed by atoms with Crippen molar-refractivity contribution in [3.8, 4) is 0 Å². The molecule has 4 nitrogen and oxygen atoms in total. The van der Waals surface area contributed by atoms with Crippen molar-refractivity contribution < 1.29 is 19.1 Å². The largest absolute Gasteiger partial charge is 0.481 e. The lowest BCUT2D eigenvalue weighted by Crippen LogP contribution is -2.41. The first kappa shape index (κ1) is 16.5. The van der Waals surface area contributed by atoms with Gasteiger partial charge in [-0.15, -0.1) is 0 Å². The number of carbonyl (C=O) groups excluding carboxylic acids is 1. The number of benzene rings is 1. The van der Waals surface area contributed by atoms with Crippen LogP contribution in [0.4, 0.5) is 10.1 Å². The summed E-state index contributed by atoms with van der Waals surface area (Å²) in [5, 5.41) is 9.11. The van der Waals surface area contributed by atoms with Gasteiger partial charge in [0.15, 0.2) is 0 Å². The van der Waals surface area contributed by atoms with Gasteiger partial charge in [-0.25, -0.2) is 4.39 Å². The molecule has 2 rings (SSSR count). The quantitative estimate of drug-likeness (QED) is 0.906. The van der Waals surface area contributed by atoms with Gasteiger partial charge in [0, 0.05) is 18.2 Å². The lowest BCUT2D eigenvalue weighted by atomic mass is 9.88. The number of nitrogens with zero attached hydrogens (tertiary/aromatic N) is 1. The molecule has 1 aromatic rings. The van der Waals surface area contributed by atoms with E-state index in [-0.39, 0.29) is 18.4 Å². The van der Waals surface area contributed by atoms with Crippen LogP contribution in [0, 0.1) is 17.7 Å². The zero-order chi connectivity index (χ0) is 16.1. The van der Waals surface area contributed by atoms with E-state index in [4.69, 9.17) is 5.11 Å². The molecule has 1 amide bonds. The topological polar surface area (TPSA) is 57.6 Å². The van der Waals surface area contributed by atoms with Crippen LogP contribution in [0.2, 0.25) is 0 Å². The van der Waals surface area contributed by atoms with Crippen molar-refractivity contribution in [3.63, 3.8) is 0 Å². The van der Waals surface area contributed by atoms with Crippen LogP contribution in [0.25, 0.3) is 0 Å². The Bertz CT molecular complexity index is 540. The van der Waals surface area contributed by atoms with Crippen LogP contribution in [0.3, 0.4) is 0 Å². The fraction of sp³-hybridized carbons (Fsp3) is 0.529. The number of carbonyl (C=O) groups is 2. The number of halogens is 1. The molecule has 1 saturated carbocycles. The highest BCUT2D eigenvalue weighted by atomic mass is 19.1. The van der Waals surface area contributed by atoms with Crippen molar-refractivity contribution in [2.75, 3.05) is 11.4 Å². The van der Waals surface area contributed by atoms with Crippen molar-refractivity contribution in [1.29, 1.82) is 0 Å². The number of rotatable bonds is 5. The van der Waals surface area contributed by atoms with E-state index in [2.05, 4.69) is 0 Å². The zero-order valence-corrected chi connectivity index (χ0v) is 12.8. The van der Waals surface area contributed by atoms with Crippen LogP contribution >= 0.6 is 0 Å². The molecule has 22 heavy (non-hydrogen) atoms. The van der Waals surface area contributed by atoms with Crippen molar-refractivity contribution in [3.05, 3.63) is 30.1 Å². The molecule has 0 bridgehead atoms.